The van der Waals surface area contributed by atoms with E-state index in [-0.39, 0.29) is 12.0 Å². The van der Waals surface area contributed by atoms with Gasteiger partial charge in [-0.1, -0.05) is 25.3 Å². The lowest BCUT2D eigenvalue weighted by atomic mass is 9.62. The molecule has 1 saturated carbocycles. The molecule has 0 saturated heterocycles. The lowest BCUT2D eigenvalue weighted by Gasteiger charge is -2.43. The number of alkyl carbamates (subject to hydrolysis) is 1. The first-order chi connectivity index (χ1) is 14.3. The van der Waals surface area contributed by atoms with Crippen LogP contribution in [0.4, 0.5) is 10.5 Å². The van der Waals surface area contributed by atoms with E-state index in [2.05, 4.69) is 22.8 Å². The molecule has 2 amide bonds. The van der Waals surface area contributed by atoms with Crippen LogP contribution in [0.25, 0.3) is 0 Å². The highest BCUT2D eigenvalue weighted by molar-refractivity contribution is 5.75. The van der Waals surface area contributed by atoms with Crippen LogP contribution in [0, 0.1) is 0 Å². The summed E-state index contributed by atoms with van der Waals surface area (Å²) in [6.07, 6.45) is 10.3. The SMILES string of the molecule is CC(C)(C)OC(=O)NC(CO)Cc1cc2c(cc1NC=O)C1(CCCCC1)CCC2. The number of nitrogens with one attached hydrogen (secondary N) is 2. The molecule has 30 heavy (non-hydrogen) atoms. The van der Waals surface area contributed by atoms with E-state index >= 15 is 0 Å². The Bertz CT molecular complexity index is 763. The fourth-order valence-electron chi connectivity index (χ4n) is 5.16. The molecular weight excluding hydrogens is 380 g/mol. The Morgan fingerprint density at radius 1 is 1.20 bits per heavy atom. The number of anilines is 1. The number of carbonyl (C=O) groups excluding carboxylic acids is 2. The van der Waals surface area contributed by atoms with Crippen LogP contribution in [0.15, 0.2) is 12.1 Å². The number of aliphatic hydroxyl groups is 1. The molecule has 166 valence electrons. The summed E-state index contributed by atoms with van der Waals surface area (Å²) in [6, 6.07) is 3.85. The van der Waals surface area contributed by atoms with Gasteiger partial charge < -0.3 is 20.5 Å². The first-order valence-electron chi connectivity index (χ1n) is 11.2. The zero-order chi connectivity index (χ0) is 21.8. The zero-order valence-electron chi connectivity index (χ0n) is 18.6. The number of aliphatic hydroxyl groups excluding tert-OH is 1. The molecule has 0 radical (unpaired) electrons. The highest BCUT2D eigenvalue weighted by Crippen LogP contribution is 2.48. The van der Waals surface area contributed by atoms with E-state index in [1.165, 1.54) is 56.1 Å². The number of hydrogen-bond donors (Lipinski definition) is 3. The Hall–Kier alpha value is -2.08. The monoisotopic (exact) mass is 416 g/mol. The van der Waals surface area contributed by atoms with Crippen molar-refractivity contribution in [3.05, 3.63) is 28.8 Å². The maximum atomic E-state index is 12.1. The lowest BCUT2D eigenvalue weighted by Crippen LogP contribution is -2.42. The van der Waals surface area contributed by atoms with Crippen molar-refractivity contribution in [2.24, 2.45) is 0 Å². The molecular formula is C24H36N2O4. The Labute approximate surface area is 179 Å². The Morgan fingerprint density at radius 2 is 1.90 bits per heavy atom. The zero-order valence-corrected chi connectivity index (χ0v) is 18.6. The van der Waals surface area contributed by atoms with E-state index < -0.39 is 17.7 Å². The summed E-state index contributed by atoms with van der Waals surface area (Å²) in [6.45, 7) is 5.20. The summed E-state index contributed by atoms with van der Waals surface area (Å²) in [5.74, 6) is 0. The molecule has 1 fully saturated rings. The van der Waals surface area contributed by atoms with Crippen molar-refractivity contribution in [3.63, 3.8) is 0 Å². The number of amides is 2. The van der Waals surface area contributed by atoms with E-state index in [1.54, 1.807) is 20.8 Å². The number of benzene rings is 1. The molecule has 1 unspecified atom stereocenters. The van der Waals surface area contributed by atoms with Gasteiger partial charge in [-0.2, -0.15) is 0 Å². The summed E-state index contributed by atoms with van der Waals surface area (Å²) in [7, 11) is 0. The number of carbonyl (C=O) groups is 2. The molecule has 3 N–H and O–H groups in total. The van der Waals surface area contributed by atoms with Gasteiger partial charge in [-0.3, -0.25) is 4.79 Å². The molecule has 1 aromatic rings. The van der Waals surface area contributed by atoms with Crippen LogP contribution in [0.2, 0.25) is 0 Å². The summed E-state index contributed by atoms with van der Waals surface area (Å²) < 4.78 is 5.32. The molecule has 0 aromatic heterocycles. The maximum absolute atomic E-state index is 12.1. The predicted octanol–water partition coefficient (Wildman–Crippen LogP) is 4.22. The molecule has 6 heteroatoms. The average molecular weight is 417 g/mol. The van der Waals surface area contributed by atoms with Crippen molar-refractivity contribution >= 4 is 18.2 Å². The van der Waals surface area contributed by atoms with Gasteiger partial charge >= 0.3 is 6.09 Å². The van der Waals surface area contributed by atoms with Gasteiger partial charge in [-0.25, -0.2) is 4.79 Å². The van der Waals surface area contributed by atoms with Crippen molar-refractivity contribution in [3.8, 4) is 0 Å². The van der Waals surface area contributed by atoms with Crippen LogP contribution < -0.4 is 10.6 Å². The molecule has 2 aliphatic carbocycles. The van der Waals surface area contributed by atoms with E-state index in [0.29, 0.717) is 12.8 Å². The topological polar surface area (TPSA) is 87.7 Å². The fraction of sp³-hybridized carbons (Fsp3) is 0.667. The number of aryl methyl sites for hydroxylation is 1. The molecule has 1 atom stereocenters. The molecule has 2 aliphatic rings. The average Bonchev–Trinajstić information content (AvgIpc) is 2.68. The van der Waals surface area contributed by atoms with Crippen LogP contribution in [0.5, 0.6) is 0 Å². The lowest BCUT2D eigenvalue weighted by molar-refractivity contribution is -0.105. The van der Waals surface area contributed by atoms with Gasteiger partial charge in [-0.15, -0.1) is 0 Å². The molecule has 0 aliphatic heterocycles. The van der Waals surface area contributed by atoms with Crippen molar-refractivity contribution in [2.45, 2.75) is 95.6 Å². The molecule has 6 nitrogen and oxygen atoms in total. The minimum Gasteiger partial charge on any atom is -0.444 e. The smallest absolute Gasteiger partial charge is 0.407 e. The van der Waals surface area contributed by atoms with Crippen LogP contribution >= 0.6 is 0 Å². The van der Waals surface area contributed by atoms with Gasteiger partial charge in [0.2, 0.25) is 6.41 Å². The van der Waals surface area contributed by atoms with E-state index in [1.807, 2.05) is 0 Å². The Balaban J connectivity index is 1.85. The van der Waals surface area contributed by atoms with Crippen molar-refractivity contribution in [1.82, 2.24) is 5.32 Å². The van der Waals surface area contributed by atoms with Crippen LogP contribution in [-0.2, 0) is 27.8 Å². The highest BCUT2D eigenvalue weighted by Gasteiger charge is 2.38. The second-order valence-corrected chi connectivity index (χ2v) is 9.85. The summed E-state index contributed by atoms with van der Waals surface area (Å²) in [5.41, 5.74) is 4.10. The molecule has 0 heterocycles. The third-order valence-electron chi connectivity index (χ3n) is 6.43. The van der Waals surface area contributed by atoms with Crippen LogP contribution in [-0.4, -0.2) is 35.9 Å². The van der Waals surface area contributed by atoms with Crippen molar-refractivity contribution in [2.75, 3.05) is 11.9 Å². The number of rotatable bonds is 6. The minimum absolute atomic E-state index is 0.208. The molecule has 0 bridgehead atoms. The number of ether oxygens (including phenoxy) is 1. The molecule has 3 rings (SSSR count). The number of hydrogen-bond acceptors (Lipinski definition) is 4. The van der Waals surface area contributed by atoms with Gasteiger partial charge in [0.25, 0.3) is 0 Å². The summed E-state index contributed by atoms with van der Waals surface area (Å²) in [5, 5.41) is 15.4. The predicted molar refractivity (Wildman–Crippen MR) is 118 cm³/mol. The van der Waals surface area contributed by atoms with E-state index in [0.717, 1.165) is 17.7 Å². The number of fused-ring (bicyclic) bond motifs is 2. The van der Waals surface area contributed by atoms with Crippen LogP contribution in [0.3, 0.4) is 0 Å². The van der Waals surface area contributed by atoms with Crippen molar-refractivity contribution < 1.29 is 19.4 Å². The quantitative estimate of drug-likeness (QED) is 0.606. The fourth-order valence-corrected chi connectivity index (χ4v) is 5.16. The second kappa shape index (κ2) is 9.38. The Kier molecular flexibility index (Phi) is 7.06. The van der Waals surface area contributed by atoms with Gasteiger partial charge in [0, 0.05) is 5.69 Å². The normalized spacial score (nSPS) is 18.9. The second-order valence-electron chi connectivity index (χ2n) is 9.85. The first kappa shape index (κ1) is 22.6. The van der Waals surface area contributed by atoms with Gasteiger partial charge in [-0.05, 0) is 87.5 Å². The maximum Gasteiger partial charge on any atom is 0.407 e. The molecule has 1 spiro atoms. The first-order valence-corrected chi connectivity index (χ1v) is 11.2. The standard InChI is InChI=1S/C24H36N2O4/c1-23(2,3)30-22(29)26-19(15-27)13-18-12-17-8-7-11-24(9-5-4-6-10-24)20(17)14-21(18)25-16-28/h12,14,16,19,27H,4-11,13,15H2,1-3H3,(H,25,28)(H,26,29). The van der Waals surface area contributed by atoms with Gasteiger partial charge in [0.05, 0.1) is 12.6 Å². The largest absolute Gasteiger partial charge is 0.444 e. The van der Waals surface area contributed by atoms with Gasteiger partial charge in [0.1, 0.15) is 5.60 Å². The summed E-state index contributed by atoms with van der Waals surface area (Å²) in [4.78, 5) is 23.4. The van der Waals surface area contributed by atoms with Crippen molar-refractivity contribution in [1.29, 1.82) is 0 Å². The van der Waals surface area contributed by atoms with Crippen LogP contribution in [0.1, 0.15) is 82.4 Å². The Morgan fingerprint density at radius 3 is 2.53 bits per heavy atom. The highest BCUT2D eigenvalue weighted by atomic mass is 16.6. The van der Waals surface area contributed by atoms with E-state index in [9.17, 15) is 14.7 Å². The summed E-state index contributed by atoms with van der Waals surface area (Å²) >= 11 is 0. The third kappa shape index (κ3) is 5.34. The minimum atomic E-state index is -0.603. The third-order valence-corrected chi connectivity index (χ3v) is 6.43. The molecule has 1 aromatic carbocycles. The van der Waals surface area contributed by atoms with E-state index in [4.69, 9.17) is 4.74 Å². The van der Waals surface area contributed by atoms with Gasteiger partial charge in [0.15, 0.2) is 0 Å².